The number of esters is 1. The monoisotopic (exact) mass is 636 g/mol. The maximum absolute atomic E-state index is 14.9. The van der Waals surface area contributed by atoms with Gasteiger partial charge >= 0.3 is 12.1 Å². The van der Waals surface area contributed by atoms with Gasteiger partial charge in [0, 0.05) is 11.8 Å². The topological polar surface area (TPSA) is 123 Å². The van der Waals surface area contributed by atoms with Gasteiger partial charge in [-0.25, -0.2) is 8.78 Å². The number of hydrogen-bond donors (Lipinski definition) is 3. The summed E-state index contributed by atoms with van der Waals surface area (Å²) in [4.78, 5) is 38.4. The van der Waals surface area contributed by atoms with E-state index in [0.717, 1.165) is 24.3 Å². The number of nitrogens with one attached hydrogen (secondary N) is 2. The molecule has 0 radical (unpaired) electrons. The van der Waals surface area contributed by atoms with Crippen molar-refractivity contribution in [2.75, 3.05) is 24.4 Å². The Morgan fingerprint density at radius 1 is 0.911 bits per heavy atom. The van der Waals surface area contributed by atoms with E-state index in [1.807, 2.05) is 0 Å². The van der Waals surface area contributed by atoms with Gasteiger partial charge < -0.3 is 30.0 Å². The molecule has 0 aliphatic heterocycles. The second kappa shape index (κ2) is 13.8. The van der Waals surface area contributed by atoms with Gasteiger partial charge in [-0.15, -0.1) is 0 Å². The fraction of sp³-hybridized carbons (Fsp3) is 0.323. The number of aromatic hydroxyl groups is 1. The highest BCUT2D eigenvalue weighted by Crippen LogP contribution is 2.36. The second-order valence-corrected chi connectivity index (χ2v) is 10.1. The number of rotatable bonds is 9. The normalized spacial score (nSPS) is 16.4. The van der Waals surface area contributed by atoms with Crippen LogP contribution in [-0.4, -0.2) is 42.7 Å². The Kier molecular flexibility index (Phi) is 10.1. The molecule has 1 saturated carbocycles. The summed E-state index contributed by atoms with van der Waals surface area (Å²) in [5.74, 6) is -6.02. The summed E-state index contributed by atoms with van der Waals surface area (Å²) in [6.07, 6.45) is -3.63. The van der Waals surface area contributed by atoms with Crippen molar-refractivity contribution in [2.45, 2.75) is 44.9 Å². The molecule has 3 aromatic rings. The van der Waals surface area contributed by atoms with Crippen LogP contribution in [0.1, 0.15) is 58.9 Å². The predicted molar refractivity (Wildman–Crippen MR) is 151 cm³/mol. The van der Waals surface area contributed by atoms with Gasteiger partial charge in [-0.2, -0.15) is 13.2 Å². The lowest BCUT2D eigenvalue weighted by Gasteiger charge is -2.28. The molecule has 1 aliphatic rings. The van der Waals surface area contributed by atoms with Crippen LogP contribution >= 0.6 is 0 Å². The molecule has 2 amide bonds. The standard InChI is InChI=1S/C31H29F5N2O7/c1-3-44-30(42)16-7-10-18(11-8-16)45-26-14-19(25(43-2)15-22(26)33)28(40)38-23-5-4-6-24(39)27(23)29(41)37-17-9-12-21(32)20(13-17)31(34,35)36/h4-6,9,12-16,18,39H,3,7-8,10-11H2,1-2H3,(H,37,41)(H,38,40). The van der Waals surface area contributed by atoms with Crippen LogP contribution in [0.15, 0.2) is 48.5 Å². The number of methoxy groups -OCH3 is 1. The van der Waals surface area contributed by atoms with Crippen LogP contribution in [0.5, 0.6) is 17.2 Å². The van der Waals surface area contributed by atoms with Crippen LogP contribution < -0.4 is 20.1 Å². The smallest absolute Gasteiger partial charge is 0.419 e. The van der Waals surface area contributed by atoms with Gasteiger partial charge in [0.1, 0.15) is 22.9 Å². The predicted octanol–water partition coefficient (Wildman–Crippen LogP) is 6.70. The average Bonchev–Trinajstić information content (AvgIpc) is 2.98. The van der Waals surface area contributed by atoms with E-state index in [1.165, 1.54) is 19.2 Å². The molecule has 240 valence electrons. The molecule has 0 bridgehead atoms. The Balaban J connectivity index is 1.54. The highest BCUT2D eigenvalue weighted by molar-refractivity contribution is 6.14. The zero-order valence-electron chi connectivity index (χ0n) is 24.1. The molecule has 0 atom stereocenters. The lowest BCUT2D eigenvalue weighted by molar-refractivity contribution is -0.149. The molecule has 4 rings (SSSR count). The first-order chi connectivity index (χ1) is 21.3. The number of ether oxygens (including phenoxy) is 3. The molecular formula is C31H29F5N2O7. The van der Waals surface area contributed by atoms with Gasteiger partial charge in [-0.05, 0) is 69.0 Å². The summed E-state index contributed by atoms with van der Waals surface area (Å²) in [6, 6.07) is 7.51. The minimum absolute atomic E-state index is 0.180. The molecule has 45 heavy (non-hydrogen) atoms. The number of amides is 2. The molecule has 0 aromatic heterocycles. The van der Waals surface area contributed by atoms with Crippen molar-refractivity contribution in [3.05, 3.63) is 76.9 Å². The average molecular weight is 637 g/mol. The van der Waals surface area contributed by atoms with Crippen LogP contribution in [-0.2, 0) is 15.7 Å². The summed E-state index contributed by atoms with van der Waals surface area (Å²) in [6.45, 7) is 1.98. The highest BCUT2D eigenvalue weighted by Gasteiger charge is 2.34. The first kappa shape index (κ1) is 33.0. The maximum Gasteiger partial charge on any atom is 0.419 e. The van der Waals surface area contributed by atoms with E-state index in [4.69, 9.17) is 14.2 Å². The summed E-state index contributed by atoms with van der Waals surface area (Å²) >= 11 is 0. The molecule has 3 N–H and O–H groups in total. The molecule has 0 saturated heterocycles. The Morgan fingerprint density at radius 3 is 2.27 bits per heavy atom. The summed E-state index contributed by atoms with van der Waals surface area (Å²) in [7, 11) is 1.20. The first-order valence-corrected chi connectivity index (χ1v) is 13.8. The molecule has 9 nitrogen and oxygen atoms in total. The summed E-state index contributed by atoms with van der Waals surface area (Å²) in [5.41, 5.74) is -2.99. The van der Waals surface area contributed by atoms with E-state index in [-0.39, 0.29) is 41.2 Å². The SMILES string of the molecule is CCOC(=O)C1CCC(Oc2cc(C(=O)Nc3cccc(O)c3C(=O)Nc3ccc(F)c(C(F)(F)F)c3)c(OC)cc2F)CC1. The molecule has 0 heterocycles. The van der Waals surface area contributed by atoms with E-state index in [2.05, 4.69) is 10.6 Å². The second-order valence-electron chi connectivity index (χ2n) is 10.1. The number of alkyl halides is 3. The van der Waals surface area contributed by atoms with Gasteiger partial charge in [0.2, 0.25) is 0 Å². The fourth-order valence-electron chi connectivity index (χ4n) is 4.91. The third kappa shape index (κ3) is 7.80. The van der Waals surface area contributed by atoms with Crippen LogP contribution in [0.4, 0.5) is 33.3 Å². The van der Waals surface area contributed by atoms with Gasteiger partial charge in [0.05, 0.1) is 42.6 Å². The highest BCUT2D eigenvalue weighted by atomic mass is 19.4. The van der Waals surface area contributed by atoms with Crippen molar-refractivity contribution < 1.29 is 55.7 Å². The Labute approximate surface area is 254 Å². The molecule has 0 unspecified atom stereocenters. The number of carbonyl (C=O) groups is 3. The third-order valence-electron chi connectivity index (χ3n) is 7.13. The number of halogens is 5. The van der Waals surface area contributed by atoms with Crippen molar-refractivity contribution in [2.24, 2.45) is 5.92 Å². The largest absolute Gasteiger partial charge is 0.507 e. The number of benzene rings is 3. The number of hydrogen-bond acceptors (Lipinski definition) is 7. The third-order valence-corrected chi connectivity index (χ3v) is 7.13. The molecule has 14 heteroatoms. The molecule has 0 spiro atoms. The van der Waals surface area contributed by atoms with Crippen molar-refractivity contribution in [1.29, 1.82) is 0 Å². The quantitative estimate of drug-likeness (QED) is 0.176. The minimum atomic E-state index is -5.03. The van der Waals surface area contributed by atoms with Gasteiger partial charge in [-0.3, -0.25) is 14.4 Å². The van der Waals surface area contributed by atoms with E-state index >= 15 is 0 Å². The van der Waals surface area contributed by atoms with E-state index in [9.17, 15) is 41.4 Å². The molecular weight excluding hydrogens is 607 g/mol. The first-order valence-electron chi connectivity index (χ1n) is 13.8. The van der Waals surface area contributed by atoms with Crippen molar-refractivity contribution in [1.82, 2.24) is 0 Å². The van der Waals surface area contributed by atoms with Gasteiger partial charge in [0.15, 0.2) is 11.6 Å². The zero-order chi connectivity index (χ0) is 32.9. The van der Waals surface area contributed by atoms with E-state index < -0.39 is 58.3 Å². The minimum Gasteiger partial charge on any atom is -0.507 e. The molecule has 1 aliphatic carbocycles. The van der Waals surface area contributed by atoms with Crippen LogP contribution in [0.25, 0.3) is 0 Å². The molecule has 1 fully saturated rings. The van der Waals surface area contributed by atoms with Crippen molar-refractivity contribution in [3.8, 4) is 17.2 Å². The number of anilines is 2. The Hall–Kier alpha value is -4.88. The molecule has 3 aromatic carbocycles. The van der Waals surface area contributed by atoms with E-state index in [1.54, 1.807) is 6.92 Å². The van der Waals surface area contributed by atoms with Crippen molar-refractivity contribution in [3.63, 3.8) is 0 Å². The number of phenols is 1. The fourth-order valence-corrected chi connectivity index (χ4v) is 4.91. The Bertz CT molecular complexity index is 1590. The van der Waals surface area contributed by atoms with Gasteiger partial charge in [0.25, 0.3) is 11.8 Å². The zero-order valence-corrected chi connectivity index (χ0v) is 24.1. The Morgan fingerprint density at radius 2 is 1.62 bits per heavy atom. The van der Waals surface area contributed by atoms with Crippen LogP contribution in [0.2, 0.25) is 0 Å². The number of carbonyl (C=O) groups excluding carboxylic acids is 3. The summed E-state index contributed by atoms with van der Waals surface area (Å²) in [5, 5.41) is 15.0. The van der Waals surface area contributed by atoms with Crippen molar-refractivity contribution >= 4 is 29.2 Å². The maximum atomic E-state index is 14.9. The lowest BCUT2D eigenvalue weighted by Crippen LogP contribution is -2.29. The summed E-state index contributed by atoms with van der Waals surface area (Å²) < 4.78 is 84.1. The lowest BCUT2D eigenvalue weighted by atomic mass is 9.87. The van der Waals surface area contributed by atoms with E-state index in [0.29, 0.717) is 37.8 Å². The van der Waals surface area contributed by atoms with Gasteiger partial charge in [-0.1, -0.05) is 6.07 Å². The number of phenolic OH excluding ortho intramolecular Hbond substituents is 1. The van der Waals surface area contributed by atoms with Crippen LogP contribution in [0, 0.1) is 17.6 Å². The van der Waals surface area contributed by atoms with Crippen LogP contribution in [0.3, 0.4) is 0 Å².